The molecule has 5 aromatic rings. The molecule has 1 aliphatic carbocycles. The second-order valence-electron chi connectivity index (χ2n) is 10.3. The van der Waals surface area contributed by atoms with Gasteiger partial charge in [-0.2, -0.15) is 0 Å². The van der Waals surface area contributed by atoms with Gasteiger partial charge in [-0.25, -0.2) is 8.96 Å². The van der Waals surface area contributed by atoms with Gasteiger partial charge in [-0.3, -0.25) is 0 Å². The molecule has 2 heteroatoms. The Kier molecular flexibility index (Phi) is 5.15. The van der Waals surface area contributed by atoms with Crippen LogP contribution in [0.4, 0.5) is 4.39 Å². The van der Waals surface area contributed by atoms with Gasteiger partial charge in [0.2, 0.25) is 5.69 Å². The van der Waals surface area contributed by atoms with Gasteiger partial charge in [0.25, 0.3) is 0 Å². The first-order valence-corrected chi connectivity index (χ1v) is 12.5. The molecule has 4 aromatic carbocycles. The summed E-state index contributed by atoms with van der Waals surface area (Å²) < 4.78 is 17.9. The van der Waals surface area contributed by atoms with Crippen LogP contribution in [0.1, 0.15) is 30.5 Å². The molecule has 6 rings (SSSR count). The monoisotopic (exact) mass is 470 g/mol. The van der Waals surface area contributed by atoms with Gasteiger partial charge in [0.1, 0.15) is 12.9 Å². The fourth-order valence-electron chi connectivity index (χ4n) is 6.01. The van der Waals surface area contributed by atoms with Gasteiger partial charge >= 0.3 is 0 Å². The second kappa shape index (κ2) is 8.27. The van der Waals surface area contributed by atoms with Gasteiger partial charge in [-0.05, 0) is 63.6 Å². The highest BCUT2D eigenvalue weighted by Crippen LogP contribution is 2.55. The van der Waals surface area contributed by atoms with E-state index in [1.807, 2.05) is 24.3 Å². The summed E-state index contributed by atoms with van der Waals surface area (Å²) in [6.45, 7) is 6.65. The van der Waals surface area contributed by atoms with E-state index in [2.05, 4.69) is 105 Å². The summed E-state index contributed by atoms with van der Waals surface area (Å²) in [5.41, 5.74) is 11.8. The molecule has 0 unspecified atom stereocenters. The molecule has 0 spiro atoms. The van der Waals surface area contributed by atoms with Crippen LogP contribution in [-0.2, 0) is 12.5 Å². The number of hydrogen-bond donors (Lipinski definition) is 0. The van der Waals surface area contributed by atoms with E-state index in [1.165, 1.54) is 27.9 Å². The molecule has 0 atom stereocenters. The lowest BCUT2D eigenvalue weighted by Gasteiger charge is -2.27. The predicted octanol–water partition coefficient (Wildman–Crippen LogP) is 8.27. The highest BCUT2D eigenvalue weighted by atomic mass is 19.1. The van der Waals surface area contributed by atoms with Crippen LogP contribution in [-0.4, -0.2) is 0 Å². The number of hydrogen-bond acceptors (Lipinski definition) is 0. The molecule has 1 heterocycles. The molecular formula is C34H29FN+. The smallest absolute Gasteiger partial charge is 0.206 e. The largest absolute Gasteiger partial charge is 0.212 e. The fraction of sp³-hybridized carbons (Fsp3) is 0.147. The van der Waals surface area contributed by atoms with Crippen molar-refractivity contribution in [3.63, 3.8) is 0 Å². The maximum Gasteiger partial charge on any atom is 0.212 e. The molecule has 0 saturated carbocycles. The van der Waals surface area contributed by atoms with Crippen LogP contribution in [0, 0.1) is 12.7 Å². The summed E-state index contributed by atoms with van der Waals surface area (Å²) in [6.07, 6.45) is 2.09. The molecule has 0 fully saturated rings. The minimum atomic E-state index is -0.371. The van der Waals surface area contributed by atoms with E-state index in [9.17, 15) is 0 Å². The normalized spacial score (nSPS) is 13.4. The number of aromatic nitrogens is 1. The van der Waals surface area contributed by atoms with E-state index >= 15 is 4.39 Å². The van der Waals surface area contributed by atoms with Gasteiger partial charge in [-0.1, -0.05) is 86.6 Å². The van der Waals surface area contributed by atoms with Crippen LogP contribution >= 0.6 is 0 Å². The Labute approximate surface area is 212 Å². The number of rotatable bonds is 3. The number of benzene rings is 4. The molecular weight excluding hydrogens is 441 g/mol. The van der Waals surface area contributed by atoms with E-state index in [0.29, 0.717) is 5.56 Å². The minimum absolute atomic E-state index is 0.175. The summed E-state index contributed by atoms with van der Waals surface area (Å²) in [7, 11) is 2.09. The Morgan fingerprint density at radius 3 is 1.89 bits per heavy atom. The Balaban J connectivity index is 1.57. The average molecular weight is 471 g/mol. The Morgan fingerprint density at radius 1 is 0.611 bits per heavy atom. The standard InChI is InChI=1S/C34H29FN/c1-22-13-18-26-27-19-20-28(35)31(25-16-14-24(15-17-25)23-10-6-5-7-11-23)33(27)34(2,3)32(26)30(22)29-12-8-9-21-36(29)4/h5-21H,1-4H3/q+1. The number of nitrogens with zero attached hydrogens (tertiary/aromatic N) is 1. The Morgan fingerprint density at radius 2 is 1.19 bits per heavy atom. The third-order valence-electron chi connectivity index (χ3n) is 7.70. The van der Waals surface area contributed by atoms with Crippen molar-refractivity contribution in [2.24, 2.45) is 7.05 Å². The van der Waals surface area contributed by atoms with Crippen LogP contribution in [0.25, 0.3) is 44.6 Å². The first-order valence-electron chi connectivity index (χ1n) is 12.5. The molecule has 36 heavy (non-hydrogen) atoms. The summed E-state index contributed by atoms with van der Waals surface area (Å²) in [5.74, 6) is -0.175. The van der Waals surface area contributed by atoms with Gasteiger partial charge < -0.3 is 0 Å². The van der Waals surface area contributed by atoms with Crippen LogP contribution in [0.5, 0.6) is 0 Å². The van der Waals surface area contributed by atoms with Crippen molar-refractivity contribution in [1.82, 2.24) is 0 Å². The molecule has 0 radical (unpaired) electrons. The highest BCUT2D eigenvalue weighted by molar-refractivity contribution is 5.93. The van der Waals surface area contributed by atoms with E-state index in [0.717, 1.165) is 27.8 Å². The zero-order chi connectivity index (χ0) is 25.0. The van der Waals surface area contributed by atoms with Crippen LogP contribution in [0.2, 0.25) is 0 Å². The molecule has 0 N–H and O–H groups in total. The van der Waals surface area contributed by atoms with E-state index in [4.69, 9.17) is 0 Å². The zero-order valence-electron chi connectivity index (χ0n) is 21.1. The lowest BCUT2D eigenvalue weighted by atomic mass is 9.76. The van der Waals surface area contributed by atoms with Crippen molar-refractivity contribution in [2.45, 2.75) is 26.2 Å². The van der Waals surface area contributed by atoms with Gasteiger partial charge in [0, 0.05) is 23.1 Å². The third-order valence-corrected chi connectivity index (χ3v) is 7.70. The molecule has 0 saturated heterocycles. The molecule has 0 bridgehead atoms. The molecule has 1 aliphatic rings. The van der Waals surface area contributed by atoms with Crippen molar-refractivity contribution >= 4 is 0 Å². The molecule has 0 aliphatic heterocycles. The quantitative estimate of drug-likeness (QED) is 0.234. The first-order chi connectivity index (χ1) is 17.4. The number of halogens is 1. The average Bonchev–Trinajstić information content (AvgIpc) is 3.12. The van der Waals surface area contributed by atoms with Gasteiger partial charge in [0.05, 0.1) is 5.56 Å². The van der Waals surface area contributed by atoms with Crippen LogP contribution < -0.4 is 4.57 Å². The fourth-order valence-corrected chi connectivity index (χ4v) is 6.01. The highest BCUT2D eigenvalue weighted by Gasteiger charge is 2.42. The van der Waals surface area contributed by atoms with Crippen molar-refractivity contribution < 1.29 is 8.96 Å². The van der Waals surface area contributed by atoms with E-state index in [1.54, 1.807) is 6.07 Å². The van der Waals surface area contributed by atoms with Gasteiger partial charge in [-0.15, -0.1) is 0 Å². The zero-order valence-corrected chi connectivity index (χ0v) is 21.1. The number of pyridine rings is 1. The molecule has 1 nitrogen and oxygen atoms in total. The molecule has 0 amide bonds. The minimum Gasteiger partial charge on any atom is -0.206 e. The lowest BCUT2D eigenvalue weighted by Crippen LogP contribution is -2.31. The first kappa shape index (κ1) is 22.4. The SMILES string of the molecule is Cc1ccc2c(c1-c1cccc[n+]1C)C(C)(C)c1c-2ccc(F)c1-c1ccc(-c2ccccc2)cc1. The maximum atomic E-state index is 15.7. The van der Waals surface area contributed by atoms with Crippen molar-refractivity contribution in [3.05, 3.63) is 126 Å². The number of aryl methyl sites for hydroxylation is 2. The third kappa shape index (κ3) is 3.32. The number of fused-ring (bicyclic) bond motifs is 3. The Bertz CT molecular complexity index is 1610. The van der Waals surface area contributed by atoms with Crippen LogP contribution in [0.3, 0.4) is 0 Å². The van der Waals surface area contributed by atoms with Crippen LogP contribution in [0.15, 0.2) is 103 Å². The maximum absolute atomic E-state index is 15.7. The molecule has 176 valence electrons. The van der Waals surface area contributed by atoms with Crippen molar-refractivity contribution in [1.29, 1.82) is 0 Å². The summed E-state index contributed by atoms with van der Waals surface area (Å²) in [5, 5.41) is 0. The summed E-state index contributed by atoms with van der Waals surface area (Å²) in [6, 6.07) is 32.9. The van der Waals surface area contributed by atoms with E-state index < -0.39 is 0 Å². The molecule has 1 aromatic heterocycles. The van der Waals surface area contributed by atoms with Gasteiger partial charge in [0.15, 0.2) is 6.20 Å². The summed E-state index contributed by atoms with van der Waals surface area (Å²) in [4.78, 5) is 0. The lowest BCUT2D eigenvalue weighted by molar-refractivity contribution is -0.660. The van der Waals surface area contributed by atoms with Crippen molar-refractivity contribution in [3.8, 4) is 44.6 Å². The topological polar surface area (TPSA) is 3.88 Å². The predicted molar refractivity (Wildman–Crippen MR) is 146 cm³/mol. The Hall–Kier alpha value is -4.04. The summed E-state index contributed by atoms with van der Waals surface area (Å²) >= 11 is 0. The second-order valence-corrected chi connectivity index (χ2v) is 10.3. The van der Waals surface area contributed by atoms with Crippen molar-refractivity contribution in [2.75, 3.05) is 0 Å². The van der Waals surface area contributed by atoms with E-state index in [-0.39, 0.29) is 11.2 Å².